The molecule has 0 unspecified atom stereocenters. The number of fused-ring (bicyclic) bond motifs is 1. The number of hydrogen-bond acceptors (Lipinski definition) is 7. The van der Waals surface area contributed by atoms with E-state index in [-0.39, 0.29) is 11.8 Å². The highest BCUT2D eigenvalue weighted by Crippen LogP contribution is 2.26. The predicted octanol–water partition coefficient (Wildman–Crippen LogP) is 3.94. The summed E-state index contributed by atoms with van der Waals surface area (Å²) in [6.07, 6.45) is 1.03. The lowest BCUT2D eigenvalue weighted by molar-refractivity contribution is -0.0980. The molecule has 1 heterocycles. The smallest absolute Gasteiger partial charge is 0.255 e. The summed E-state index contributed by atoms with van der Waals surface area (Å²) in [6, 6.07) is 18.7. The number of nitrogen functional groups attached to an aromatic ring is 1. The Morgan fingerprint density at radius 3 is 2.45 bits per heavy atom. The van der Waals surface area contributed by atoms with E-state index in [4.69, 9.17) is 10.5 Å². The second kappa shape index (κ2) is 15.6. The van der Waals surface area contributed by atoms with E-state index in [1.165, 1.54) is 18.2 Å². The molecular formula is C29H37N5O3S. The van der Waals surface area contributed by atoms with Crippen molar-refractivity contribution in [3.63, 3.8) is 0 Å². The van der Waals surface area contributed by atoms with Crippen molar-refractivity contribution in [3.05, 3.63) is 88.5 Å². The Kier molecular flexibility index (Phi) is 12.5. The van der Waals surface area contributed by atoms with E-state index in [0.29, 0.717) is 23.4 Å². The molecule has 4 rings (SSSR count). The van der Waals surface area contributed by atoms with Gasteiger partial charge in [-0.2, -0.15) is 0 Å². The average Bonchev–Trinajstić information content (AvgIpc) is 2.95. The molecular weight excluding hydrogens is 498 g/mol. The van der Waals surface area contributed by atoms with Gasteiger partial charge in [-0.15, -0.1) is 11.8 Å². The topological polar surface area (TPSA) is 131 Å². The van der Waals surface area contributed by atoms with Crippen molar-refractivity contribution in [2.45, 2.75) is 31.3 Å². The van der Waals surface area contributed by atoms with Crippen molar-refractivity contribution in [1.82, 2.24) is 10.2 Å². The van der Waals surface area contributed by atoms with E-state index in [2.05, 4.69) is 40.4 Å². The molecule has 202 valence electrons. The van der Waals surface area contributed by atoms with Gasteiger partial charge in [-0.1, -0.05) is 25.1 Å². The first-order chi connectivity index (χ1) is 18.4. The van der Waals surface area contributed by atoms with Crippen molar-refractivity contribution in [1.29, 1.82) is 0 Å². The van der Waals surface area contributed by atoms with Crippen LogP contribution >= 0.6 is 11.8 Å². The van der Waals surface area contributed by atoms with Gasteiger partial charge in [0.1, 0.15) is 6.79 Å². The van der Waals surface area contributed by atoms with Crippen molar-refractivity contribution < 1.29 is 14.4 Å². The van der Waals surface area contributed by atoms with Crippen LogP contribution in [0.4, 0.5) is 11.4 Å². The Bertz CT molecular complexity index is 1230. The summed E-state index contributed by atoms with van der Waals surface area (Å²) in [5.41, 5.74) is 16.5. The molecule has 1 aliphatic heterocycles. The van der Waals surface area contributed by atoms with E-state index < -0.39 is 0 Å². The number of nitrogens with zero attached hydrogens (tertiary/aromatic N) is 1. The van der Waals surface area contributed by atoms with Crippen LogP contribution in [0.2, 0.25) is 0 Å². The standard InChI is InChI=1S/C27H30N4O2S.CH5N.CH2O/c1-3-34-25-15-21(8-10-24(25)28)26(32)29-16-18-5-4-6-20(13-18)27(33)30-23-9-7-19-11-12-31(2)17-22(19)14-23;2*1-2/h4-10,13-15H,3,11-12,16-17,28H2,1-2H3,(H,29,32)(H,30,33);2H2,1H3;1H2. The van der Waals surface area contributed by atoms with Crippen molar-refractivity contribution in [2.75, 3.05) is 37.4 Å². The molecule has 8 nitrogen and oxygen atoms in total. The Morgan fingerprint density at radius 1 is 0.974 bits per heavy atom. The van der Waals surface area contributed by atoms with Crippen LogP contribution in [0.3, 0.4) is 0 Å². The number of thioether (sulfide) groups is 1. The van der Waals surface area contributed by atoms with E-state index in [1.54, 1.807) is 30.0 Å². The molecule has 0 atom stereocenters. The molecule has 0 fully saturated rings. The SMILES string of the molecule is C=O.CCSc1cc(C(=O)NCc2cccc(C(=O)Nc3ccc4c(c3)CN(C)CC4)c2)ccc1N.CN. The molecule has 0 bridgehead atoms. The molecule has 0 saturated carbocycles. The van der Waals surface area contributed by atoms with Crippen LogP contribution in [-0.2, 0) is 24.3 Å². The maximum absolute atomic E-state index is 12.9. The van der Waals surface area contributed by atoms with Crippen LogP contribution in [0.5, 0.6) is 0 Å². The molecule has 9 heteroatoms. The Balaban J connectivity index is 0.00000121. The van der Waals surface area contributed by atoms with Crippen LogP contribution in [0, 0.1) is 0 Å². The van der Waals surface area contributed by atoms with E-state index in [1.807, 2.05) is 44.0 Å². The van der Waals surface area contributed by atoms with Gasteiger partial charge < -0.3 is 31.8 Å². The fourth-order valence-electron chi connectivity index (χ4n) is 4.04. The molecule has 0 aliphatic carbocycles. The quantitative estimate of drug-likeness (QED) is 0.266. The fourth-order valence-corrected chi connectivity index (χ4v) is 4.80. The maximum Gasteiger partial charge on any atom is 0.255 e. The van der Waals surface area contributed by atoms with Crippen LogP contribution in [0.25, 0.3) is 0 Å². The number of hydrogen-bond donors (Lipinski definition) is 4. The molecule has 2 amide bonds. The monoisotopic (exact) mass is 535 g/mol. The van der Waals surface area contributed by atoms with Gasteiger partial charge in [-0.3, -0.25) is 9.59 Å². The number of carbonyl (C=O) groups excluding carboxylic acids is 3. The number of nitrogens with one attached hydrogen (secondary N) is 2. The summed E-state index contributed by atoms with van der Waals surface area (Å²) >= 11 is 1.61. The number of benzene rings is 3. The third-order valence-corrected chi connectivity index (χ3v) is 6.84. The molecule has 0 spiro atoms. The minimum absolute atomic E-state index is 0.169. The molecule has 1 aliphatic rings. The second-order valence-corrected chi connectivity index (χ2v) is 9.80. The van der Waals surface area contributed by atoms with Gasteiger partial charge in [0.2, 0.25) is 0 Å². The zero-order valence-corrected chi connectivity index (χ0v) is 23.1. The highest BCUT2D eigenvalue weighted by molar-refractivity contribution is 7.99. The largest absolute Gasteiger partial charge is 0.398 e. The van der Waals surface area contributed by atoms with E-state index >= 15 is 0 Å². The summed E-state index contributed by atoms with van der Waals surface area (Å²) in [6.45, 7) is 6.32. The summed E-state index contributed by atoms with van der Waals surface area (Å²) in [5.74, 6) is 0.538. The van der Waals surface area contributed by atoms with Gasteiger partial charge in [-0.05, 0) is 85.4 Å². The van der Waals surface area contributed by atoms with Gasteiger partial charge in [-0.25, -0.2) is 0 Å². The first-order valence-electron chi connectivity index (χ1n) is 12.3. The minimum Gasteiger partial charge on any atom is -0.398 e. The molecule has 6 N–H and O–H groups in total. The fraction of sp³-hybridized carbons (Fsp3) is 0.276. The number of carbonyl (C=O) groups is 3. The zero-order chi connectivity index (χ0) is 28.1. The molecule has 38 heavy (non-hydrogen) atoms. The zero-order valence-electron chi connectivity index (χ0n) is 22.3. The van der Waals surface area contributed by atoms with Crippen LogP contribution in [-0.4, -0.2) is 49.9 Å². The third kappa shape index (κ3) is 8.44. The lowest BCUT2D eigenvalue weighted by Crippen LogP contribution is -2.26. The average molecular weight is 536 g/mol. The van der Waals surface area contributed by atoms with Crippen LogP contribution in [0.1, 0.15) is 44.3 Å². The Hall–Kier alpha value is -3.66. The van der Waals surface area contributed by atoms with Crippen LogP contribution < -0.4 is 22.1 Å². The van der Waals surface area contributed by atoms with Crippen molar-refractivity contribution >= 4 is 41.7 Å². The Labute approximate surface area is 229 Å². The van der Waals surface area contributed by atoms with Gasteiger partial charge in [0, 0.05) is 47.0 Å². The second-order valence-electron chi connectivity index (χ2n) is 8.49. The first kappa shape index (κ1) is 30.6. The summed E-state index contributed by atoms with van der Waals surface area (Å²) in [5, 5.41) is 5.94. The lowest BCUT2D eigenvalue weighted by Gasteiger charge is -2.25. The normalized spacial score (nSPS) is 12.1. The number of anilines is 2. The summed E-state index contributed by atoms with van der Waals surface area (Å²) in [4.78, 5) is 36.7. The Morgan fingerprint density at radius 2 is 1.71 bits per heavy atom. The summed E-state index contributed by atoms with van der Waals surface area (Å²) < 4.78 is 0. The maximum atomic E-state index is 12.9. The molecule has 3 aromatic rings. The number of nitrogens with two attached hydrogens (primary N) is 2. The summed E-state index contributed by atoms with van der Waals surface area (Å²) in [7, 11) is 3.61. The highest BCUT2D eigenvalue weighted by Gasteiger charge is 2.15. The van der Waals surface area contributed by atoms with Crippen molar-refractivity contribution in [3.8, 4) is 0 Å². The van der Waals surface area contributed by atoms with Gasteiger partial charge >= 0.3 is 0 Å². The number of rotatable bonds is 7. The van der Waals surface area contributed by atoms with E-state index in [9.17, 15) is 9.59 Å². The van der Waals surface area contributed by atoms with Gasteiger partial charge in [0.05, 0.1) is 0 Å². The molecule has 0 radical (unpaired) electrons. The molecule has 0 aromatic heterocycles. The van der Waals surface area contributed by atoms with Gasteiger partial charge in [0.15, 0.2) is 0 Å². The lowest BCUT2D eigenvalue weighted by atomic mass is 9.99. The first-order valence-corrected chi connectivity index (χ1v) is 13.3. The molecule has 0 saturated heterocycles. The van der Waals surface area contributed by atoms with E-state index in [0.717, 1.165) is 41.4 Å². The minimum atomic E-state index is -0.174. The molecule has 3 aromatic carbocycles. The highest BCUT2D eigenvalue weighted by atomic mass is 32.2. The number of likely N-dealkylation sites (N-methyl/N-ethyl adjacent to an activating group) is 1. The van der Waals surface area contributed by atoms with Crippen molar-refractivity contribution in [2.24, 2.45) is 5.73 Å². The number of amides is 2. The predicted molar refractivity (Wildman–Crippen MR) is 157 cm³/mol. The third-order valence-electron chi connectivity index (χ3n) is 5.89. The van der Waals surface area contributed by atoms with Crippen LogP contribution in [0.15, 0.2) is 65.6 Å². The van der Waals surface area contributed by atoms with Gasteiger partial charge in [0.25, 0.3) is 11.8 Å².